The molecular weight excluding hydrogens is 1190 g/mol. The van der Waals surface area contributed by atoms with Gasteiger partial charge in [-0.05, 0) is 0 Å². The summed E-state index contributed by atoms with van der Waals surface area (Å²) in [5.74, 6) is -15.4. The molecule has 0 spiro atoms. The van der Waals surface area contributed by atoms with E-state index >= 15 is 0 Å². The van der Waals surface area contributed by atoms with Crippen molar-refractivity contribution in [2.75, 3.05) is 39.5 Å². The molecule has 0 aliphatic carbocycles. The van der Waals surface area contributed by atoms with Crippen LogP contribution < -0.4 is 16.0 Å². The van der Waals surface area contributed by atoms with E-state index < -0.39 is 203 Å². The summed E-state index contributed by atoms with van der Waals surface area (Å²) < 4.78 is 38.1. The van der Waals surface area contributed by atoms with E-state index in [1.807, 2.05) is 4.90 Å². The van der Waals surface area contributed by atoms with Crippen LogP contribution >= 0.6 is 0 Å². The van der Waals surface area contributed by atoms with Crippen LogP contribution in [0, 0.1) is 0 Å². The van der Waals surface area contributed by atoms with Gasteiger partial charge >= 0.3 is 17.9 Å². The third-order valence-electron chi connectivity index (χ3n) is 14.6. The molecule has 18 N–H and O–H groups in total. The minimum Gasteiger partial charge on any atom is -0.477 e. The maximum Gasteiger partial charge on any atom is 0.364 e. The van der Waals surface area contributed by atoms with Crippen LogP contribution in [0.1, 0.15) is 57.1 Å². The maximum atomic E-state index is 12.7. The molecule has 3 aromatic rings. The number of nitrogens with zero attached hydrogens (tertiary/aromatic N) is 10. The van der Waals surface area contributed by atoms with Gasteiger partial charge in [0.15, 0.2) is 0 Å². The van der Waals surface area contributed by atoms with Gasteiger partial charge in [-0.25, -0.2) is 14.4 Å². The molecule has 18 atom stereocenters. The number of aliphatic hydroxyl groups is 12. The van der Waals surface area contributed by atoms with Gasteiger partial charge in [0.2, 0.25) is 17.7 Å². The maximum absolute atomic E-state index is 12.7. The quantitative estimate of drug-likeness (QED) is 0.0269. The summed E-state index contributed by atoms with van der Waals surface area (Å²) in [7, 11) is 0. The topological polar surface area (TPSA) is 593 Å². The highest BCUT2D eigenvalue weighted by Crippen LogP contribution is 2.37. The summed E-state index contributed by atoms with van der Waals surface area (Å²) in [6, 6.07) is -4.34. The molecule has 3 fully saturated rings. The average molecular weight is 1270 g/mol. The Balaban J connectivity index is 1.17. The van der Waals surface area contributed by atoms with Crippen LogP contribution in [0.3, 0.4) is 0 Å². The number of aromatic nitrogens is 9. The summed E-state index contributed by atoms with van der Waals surface area (Å²) in [6.07, 6.45) is -20.5. The van der Waals surface area contributed by atoms with Gasteiger partial charge in [-0.2, -0.15) is 0 Å². The third-order valence-corrected chi connectivity index (χ3v) is 14.6. The lowest BCUT2D eigenvalue weighted by molar-refractivity contribution is -0.315. The fraction of sp³-hybridized carbons (Fsp3) is 0.750. The van der Waals surface area contributed by atoms with E-state index in [2.05, 4.69) is 46.9 Å². The first-order chi connectivity index (χ1) is 41.5. The second-order valence-electron chi connectivity index (χ2n) is 21.3. The summed E-state index contributed by atoms with van der Waals surface area (Å²) in [4.78, 5) is 75.9. The molecule has 40 heteroatoms. The molecule has 6 rings (SSSR count). The molecule has 3 saturated heterocycles. The number of hydrogen-bond donors (Lipinski definition) is 18. The molecule has 0 bridgehead atoms. The van der Waals surface area contributed by atoms with Crippen LogP contribution in [-0.2, 0) is 96.6 Å². The number of amides is 3. The fourth-order valence-corrected chi connectivity index (χ4v) is 10.0. The van der Waals surface area contributed by atoms with Crippen molar-refractivity contribution in [2.45, 2.75) is 188 Å². The van der Waals surface area contributed by atoms with Crippen molar-refractivity contribution in [1.29, 1.82) is 0 Å². The normalized spacial score (nSPS) is 29.5. The van der Waals surface area contributed by atoms with Gasteiger partial charge in [-0.15, -0.1) is 15.3 Å². The average Bonchev–Trinajstić information content (AvgIpc) is 1.89. The first kappa shape index (κ1) is 70.6. The molecule has 40 nitrogen and oxygen atoms in total. The smallest absolute Gasteiger partial charge is 0.364 e. The molecule has 9 unspecified atom stereocenters. The van der Waals surface area contributed by atoms with Crippen molar-refractivity contribution < 1.29 is 134 Å². The van der Waals surface area contributed by atoms with Crippen LogP contribution in [0.5, 0.6) is 0 Å². The largest absolute Gasteiger partial charge is 0.477 e. The highest BCUT2D eigenvalue weighted by molar-refractivity contribution is 5.78. The Kier molecular flexibility index (Phi) is 24.7. The number of carboxylic acid groups (broad SMARTS) is 3. The molecular formula is C48H75N13O27. The lowest BCUT2D eigenvalue weighted by atomic mass is 9.88. The van der Waals surface area contributed by atoms with Crippen molar-refractivity contribution in [1.82, 2.24) is 65.8 Å². The Morgan fingerprint density at radius 2 is 0.761 bits per heavy atom. The SMILES string of the molecule is CC(=O)N[C@H]1C(C(O)C(O)CO)O[C@@](OCc2cn(CCN(CCn3cc(CO[C@]4(C(=O)O)C[C@@H](O)[C@@H](NC(C)=O)C(C(O)C(O)CO)O4)nn3)CCn3cc(CO[C@]4(C(=O)O)C[C@@H](O)[C@@H](NC(C)=O)C(C(O)C(O)CO)O4)nn3)nn2)(C(=O)O)C[C@H]1O. The molecule has 3 amide bonds. The summed E-state index contributed by atoms with van der Waals surface area (Å²) >= 11 is 0. The summed E-state index contributed by atoms with van der Waals surface area (Å²) in [5.41, 5.74) is 0.114. The minimum absolute atomic E-state index is 0.0380. The van der Waals surface area contributed by atoms with Crippen molar-refractivity contribution in [3.05, 3.63) is 35.7 Å². The minimum atomic E-state index is -2.68. The molecule has 0 saturated carbocycles. The lowest BCUT2D eigenvalue weighted by Gasteiger charge is -2.46. The molecule has 0 aromatic carbocycles. The van der Waals surface area contributed by atoms with E-state index in [1.165, 1.54) is 32.6 Å². The first-order valence-corrected chi connectivity index (χ1v) is 27.3. The summed E-state index contributed by atoms with van der Waals surface area (Å²) in [5, 5.41) is 187. The number of aliphatic hydroxyl groups excluding tert-OH is 12. The standard InChI is InChI=1S/C48H75N13O27/c1-22(65)49-34-28(68)10-46(43(77)78,86-40(34)37(74)31(71)16-62)83-19-25-13-59(55-52-25)7-4-58(5-8-60-14-26(53-56-60)20-84-47(44(79)80)11-29(69)35(50-23(2)66)41(87-47)38(75)32(72)17-63)6-9-61-15-27(54-57-61)21-85-48(45(81)82)12-30(70)36(51-24(3)67)42(88-48)39(76)33(73)18-64/h13-15,28-42,62-64,68-76H,4-12,16-21H2,1-3H3,(H,49,65)(H,50,66)(H,51,67)(H,77,78)(H,79,80)(H,81,82)/t28-,29-,30-,31?,32?,33?,34-,35-,36-,37?,38?,39?,40?,41?,42?,46-,47-,48-/m1/s1. The molecule has 88 heavy (non-hydrogen) atoms. The van der Waals surface area contributed by atoms with Crippen molar-refractivity contribution in [3.63, 3.8) is 0 Å². The number of hydrogen-bond acceptors (Lipinski definition) is 31. The number of carboxylic acids is 3. The van der Waals surface area contributed by atoms with Crippen molar-refractivity contribution >= 4 is 35.6 Å². The van der Waals surface area contributed by atoms with E-state index in [-0.39, 0.29) is 56.4 Å². The van der Waals surface area contributed by atoms with Crippen LogP contribution in [-0.4, -0.2) is 310 Å². The number of aliphatic carboxylic acids is 3. The predicted molar refractivity (Wildman–Crippen MR) is 279 cm³/mol. The number of ether oxygens (including phenoxy) is 6. The lowest BCUT2D eigenvalue weighted by Crippen LogP contribution is -2.67. The molecule has 3 aliphatic heterocycles. The summed E-state index contributed by atoms with van der Waals surface area (Å²) in [6.45, 7) is -0.927. The van der Waals surface area contributed by atoms with E-state index in [9.17, 15) is 105 Å². The monoisotopic (exact) mass is 1270 g/mol. The zero-order valence-corrected chi connectivity index (χ0v) is 47.6. The van der Waals surface area contributed by atoms with E-state index in [0.717, 1.165) is 20.8 Å². The second-order valence-corrected chi connectivity index (χ2v) is 21.3. The van der Waals surface area contributed by atoms with E-state index in [4.69, 9.17) is 28.4 Å². The predicted octanol–water partition coefficient (Wildman–Crippen LogP) is -10.8. The first-order valence-electron chi connectivity index (χ1n) is 27.3. The Morgan fingerprint density at radius 1 is 0.511 bits per heavy atom. The van der Waals surface area contributed by atoms with E-state index in [1.54, 1.807) is 0 Å². The van der Waals surface area contributed by atoms with Gasteiger partial charge in [0.1, 0.15) is 72.0 Å². The van der Waals surface area contributed by atoms with Gasteiger partial charge in [0.05, 0.1) is 114 Å². The van der Waals surface area contributed by atoms with Gasteiger partial charge in [0.25, 0.3) is 17.4 Å². The molecule has 3 aliphatic rings. The van der Waals surface area contributed by atoms with Crippen LogP contribution in [0.15, 0.2) is 18.6 Å². The molecule has 0 radical (unpaired) electrons. The zero-order valence-electron chi connectivity index (χ0n) is 47.6. The molecule has 3 aromatic heterocycles. The van der Waals surface area contributed by atoms with Gasteiger partial charge < -0.3 is 121 Å². The van der Waals surface area contributed by atoms with Crippen LogP contribution in [0.4, 0.5) is 0 Å². The third kappa shape index (κ3) is 17.5. The zero-order chi connectivity index (χ0) is 65.0. The highest BCUT2D eigenvalue weighted by atomic mass is 16.7. The van der Waals surface area contributed by atoms with Crippen LogP contribution in [0.2, 0.25) is 0 Å². The fourth-order valence-electron chi connectivity index (χ4n) is 10.0. The Morgan fingerprint density at radius 3 is 0.977 bits per heavy atom. The Labute approximate surface area is 497 Å². The second kappa shape index (κ2) is 30.8. The number of carbonyl (C=O) groups excluding carboxylic acids is 3. The van der Waals surface area contributed by atoms with Crippen molar-refractivity contribution in [2.24, 2.45) is 0 Å². The highest BCUT2D eigenvalue weighted by Gasteiger charge is 2.59. The Hall–Kier alpha value is -6.52. The van der Waals surface area contributed by atoms with Gasteiger partial charge in [-0.1, -0.05) is 15.6 Å². The molecule has 6 heterocycles. The van der Waals surface area contributed by atoms with Gasteiger partial charge in [-0.3, -0.25) is 33.3 Å². The van der Waals surface area contributed by atoms with Crippen molar-refractivity contribution in [3.8, 4) is 0 Å². The molecule has 494 valence electrons. The Bertz CT molecular complexity index is 2520. The van der Waals surface area contributed by atoms with E-state index in [0.29, 0.717) is 0 Å². The number of carbonyl (C=O) groups is 6. The number of rotatable bonds is 33. The van der Waals surface area contributed by atoms with Crippen LogP contribution in [0.25, 0.3) is 0 Å². The van der Waals surface area contributed by atoms with Gasteiger partial charge in [0, 0.05) is 59.7 Å². The number of nitrogens with one attached hydrogen (secondary N) is 3.